The summed E-state index contributed by atoms with van der Waals surface area (Å²) in [6.45, 7) is 5.67. The minimum atomic E-state index is -0.722. The van der Waals surface area contributed by atoms with Crippen LogP contribution in [0.3, 0.4) is 0 Å². The Bertz CT molecular complexity index is 625. The predicted octanol–water partition coefficient (Wildman–Crippen LogP) is 2.79. The number of nitrogens with one attached hydrogen (secondary N) is 1. The van der Waals surface area contributed by atoms with Gasteiger partial charge >= 0.3 is 5.97 Å². The van der Waals surface area contributed by atoms with Gasteiger partial charge in [-0.05, 0) is 42.2 Å². The molecule has 1 aliphatic carbocycles. The summed E-state index contributed by atoms with van der Waals surface area (Å²) in [4.78, 5) is 25.9. The number of hydrogen-bond acceptors (Lipinski definition) is 3. The zero-order valence-corrected chi connectivity index (χ0v) is 14.4. The smallest absolute Gasteiger partial charge is 0.308 e. The molecule has 0 bridgehead atoms. The van der Waals surface area contributed by atoms with Gasteiger partial charge in [0.25, 0.3) is 0 Å². The summed E-state index contributed by atoms with van der Waals surface area (Å²) in [6, 6.07) is 7.84. The van der Waals surface area contributed by atoms with Crippen LogP contribution in [-0.4, -0.2) is 41.5 Å². The normalized spacial score (nSPS) is 24.3. The molecule has 24 heavy (non-hydrogen) atoms. The first-order chi connectivity index (χ1) is 11.5. The van der Waals surface area contributed by atoms with Crippen molar-refractivity contribution >= 4 is 17.6 Å². The fraction of sp³-hybridized carbons (Fsp3) is 0.579. The van der Waals surface area contributed by atoms with Crippen molar-refractivity contribution in [1.29, 1.82) is 0 Å². The Morgan fingerprint density at radius 1 is 1.25 bits per heavy atom. The Kier molecular flexibility index (Phi) is 4.90. The molecule has 1 saturated carbocycles. The molecule has 5 heteroatoms. The van der Waals surface area contributed by atoms with E-state index in [9.17, 15) is 14.7 Å². The summed E-state index contributed by atoms with van der Waals surface area (Å²) in [7, 11) is 0. The van der Waals surface area contributed by atoms with Crippen LogP contribution in [0.2, 0.25) is 0 Å². The van der Waals surface area contributed by atoms with Crippen molar-refractivity contribution in [2.45, 2.75) is 32.6 Å². The van der Waals surface area contributed by atoms with Crippen molar-refractivity contribution in [2.75, 3.05) is 25.0 Å². The number of carbonyl (C=O) groups is 2. The highest BCUT2D eigenvalue weighted by Gasteiger charge is 2.45. The lowest BCUT2D eigenvalue weighted by molar-refractivity contribution is -0.142. The number of benzene rings is 1. The second-order valence-corrected chi connectivity index (χ2v) is 7.43. The highest BCUT2D eigenvalue weighted by Crippen LogP contribution is 2.44. The zero-order valence-electron chi connectivity index (χ0n) is 14.4. The number of rotatable bonds is 6. The third-order valence-corrected chi connectivity index (χ3v) is 5.21. The van der Waals surface area contributed by atoms with E-state index in [0.717, 1.165) is 30.6 Å². The highest BCUT2D eigenvalue weighted by molar-refractivity contribution is 5.93. The molecule has 2 fully saturated rings. The van der Waals surface area contributed by atoms with Gasteiger partial charge in [0.2, 0.25) is 5.91 Å². The minimum Gasteiger partial charge on any atom is -0.481 e. The van der Waals surface area contributed by atoms with Gasteiger partial charge < -0.3 is 10.4 Å². The van der Waals surface area contributed by atoms with Crippen LogP contribution >= 0.6 is 0 Å². The first kappa shape index (κ1) is 17.0. The number of aliphatic carboxylic acids is 1. The molecule has 0 unspecified atom stereocenters. The largest absolute Gasteiger partial charge is 0.481 e. The van der Waals surface area contributed by atoms with Crippen LogP contribution in [0, 0.1) is 17.8 Å². The van der Waals surface area contributed by atoms with E-state index < -0.39 is 5.97 Å². The lowest BCUT2D eigenvalue weighted by Crippen LogP contribution is -2.32. The van der Waals surface area contributed by atoms with Crippen LogP contribution in [0.15, 0.2) is 24.3 Å². The third-order valence-electron chi connectivity index (χ3n) is 5.21. The monoisotopic (exact) mass is 330 g/mol. The van der Waals surface area contributed by atoms with Crippen molar-refractivity contribution in [1.82, 2.24) is 4.90 Å². The number of hydrogen-bond donors (Lipinski definition) is 2. The van der Waals surface area contributed by atoms with Gasteiger partial charge in [-0.2, -0.15) is 0 Å². The molecule has 0 spiro atoms. The molecule has 1 aromatic carbocycles. The maximum atomic E-state index is 12.4. The average molecular weight is 330 g/mol. The fourth-order valence-electron chi connectivity index (χ4n) is 3.81. The van der Waals surface area contributed by atoms with Gasteiger partial charge in [-0.25, -0.2) is 0 Å². The second kappa shape index (κ2) is 6.93. The molecule has 0 aromatic heterocycles. The Morgan fingerprint density at radius 2 is 1.96 bits per heavy atom. The molecule has 3 rings (SSSR count). The van der Waals surface area contributed by atoms with Gasteiger partial charge in [0, 0.05) is 18.8 Å². The Hall–Kier alpha value is -1.88. The van der Waals surface area contributed by atoms with E-state index in [0.29, 0.717) is 18.4 Å². The van der Waals surface area contributed by atoms with E-state index in [2.05, 4.69) is 19.2 Å². The van der Waals surface area contributed by atoms with Crippen LogP contribution < -0.4 is 5.32 Å². The third kappa shape index (κ3) is 3.78. The Balaban J connectivity index is 1.60. The SMILES string of the molecule is CC(C)c1ccccc1NC(=O)CN1C[C@@H](C(=O)O)[C@H](C2CC2)C1. The number of carboxylic acid groups (broad SMARTS) is 1. The van der Waals surface area contributed by atoms with Crippen molar-refractivity contribution in [3.8, 4) is 0 Å². The van der Waals surface area contributed by atoms with E-state index in [1.165, 1.54) is 0 Å². The number of carboxylic acids is 1. The standard InChI is InChI=1S/C19H26N2O3/c1-12(2)14-5-3-4-6-17(14)20-18(22)11-21-9-15(13-7-8-13)16(10-21)19(23)24/h3-6,12-13,15-16H,7-11H2,1-2H3,(H,20,22)(H,23,24)/t15-,16+/m0/s1. The first-order valence-electron chi connectivity index (χ1n) is 8.79. The molecule has 2 aliphatic rings. The predicted molar refractivity (Wildman–Crippen MR) is 92.9 cm³/mol. The molecule has 2 N–H and O–H groups in total. The zero-order chi connectivity index (χ0) is 17.3. The van der Waals surface area contributed by atoms with E-state index in [-0.39, 0.29) is 24.3 Å². The number of amides is 1. The van der Waals surface area contributed by atoms with Crippen LogP contribution in [0.4, 0.5) is 5.69 Å². The van der Waals surface area contributed by atoms with Crippen LogP contribution in [-0.2, 0) is 9.59 Å². The molecular weight excluding hydrogens is 304 g/mol. The van der Waals surface area contributed by atoms with Gasteiger partial charge in [-0.1, -0.05) is 32.0 Å². The summed E-state index contributed by atoms with van der Waals surface area (Å²) in [5.41, 5.74) is 1.97. The maximum Gasteiger partial charge on any atom is 0.308 e. The van der Waals surface area contributed by atoms with E-state index in [4.69, 9.17) is 0 Å². The topological polar surface area (TPSA) is 69.6 Å². The lowest BCUT2D eigenvalue weighted by Gasteiger charge is -2.17. The van der Waals surface area contributed by atoms with Gasteiger partial charge in [0.1, 0.15) is 0 Å². The number of anilines is 1. The number of carbonyl (C=O) groups excluding carboxylic acids is 1. The van der Waals surface area contributed by atoms with Gasteiger partial charge in [-0.3, -0.25) is 14.5 Å². The van der Waals surface area contributed by atoms with Crippen molar-refractivity contribution in [2.24, 2.45) is 17.8 Å². The molecule has 2 atom stereocenters. The number of para-hydroxylation sites is 1. The summed E-state index contributed by atoms with van der Waals surface area (Å²) in [6.07, 6.45) is 2.27. The minimum absolute atomic E-state index is 0.0660. The molecule has 130 valence electrons. The quantitative estimate of drug-likeness (QED) is 0.841. The summed E-state index contributed by atoms with van der Waals surface area (Å²) in [5, 5.41) is 12.4. The molecular formula is C19H26N2O3. The van der Waals surface area contributed by atoms with Crippen molar-refractivity contribution in [3.05, 3.63) is 29.8 Å². The van der Waals surface area contributed by atoms with Crippen molar-refractivity contribution in [3.63, 3.8) is 0 Å². The molecule has 1 heterocycles. The molecule has 1 aliphatic heterocycles. The Labute approximate surface area is 143 Å². The van der Waals surface area contributed by atoms with Crippen LogP contribution in [0.5, 0.6) is 0 Å². The summed E-state index contributed by atoms with van der Waals surface area (Å²) in [5.74, 6) is -0.0279. The summed E-state index contributed by atoms with van der Waals surface area (Å²) >= 11 is 0. The van der Waals surface area contributed by atoms with Crippen LogP contribution in [0.1, 0.15) is 38.2 Å². The van der Waals surface area contributed by atoms with Gasteiger partial charge in [-0.15, -0.1) is 0 Å². The van der Waals surface area contributed by atoms with Crippen LogP contribution in [0.25, 0.3) is 0 Å². The fourth-order valence-corrected chi connectivity index (χ4v) is 3.81. The molecule has 1 saturated heterocycles. The molecule has 0 radical (unpaired) electrons. The van der Waals surface area contributed by atoms with Crippen molar-refractivity contribution < 1.29 is 14.7 Å². The van der Waals surface area contributed by atoms with E-state index in [1.807, 2.05) is 29.2 Å². The number of likely N-dealkylation sites (tertiary alicyclic amines) is 1. The lowest BCUT2D eigenvalue weighted by atomic mass is 9.92. The summed E-state index contributed by atoms with van der Waals surface area (Å²) < 4.78 is 0. The first-order valence-corrected chi connectivity index (χ1v) is 8.79. The van der Waals surface area contributed by atoms with E-state index >= 15 is 0 Å². The average Bonchev–Trinajstić information content (AvgIpc) is 3.28. The van der Waals surface area contributed by atoms with Gasteiger partial charge in [0.15, 0.2) is 0 Å². The maximum absolute atomic E-state index is 12.4. The molecule has 5 nitrogen and oxygen atoms in total. The van der Waals surface area contributed by atoms with E-state index in [1.54, 1.807) is 0 Å². The molecule has 1 aromatic rings. The number of nitrogens with zero attached hydrogens (tertiary/aromatic N) is 1. The van der Waals surface area contributed by atoms with Gasteiger partial charge in [0.05, 0.1) is 12.5 Å². The Morgan fingerprint density at radius 3 is 2.58 bits per heavy atom. The second-order valence-electron chi connectivity index (χ2n) is 7.43. The highest BCUT2D eigenvalue weighted by atomic mass is 16.4. The molecule has 1 amide bonds.